The first-order valence-corrected chi connectivity index (χ1v) is 8.56. The van der Waals surface area contributed by atoms with Crippen molar-refractivity contribution in [3.8, 4) is 0 Å². The standard InChI is InChI=1S/C19H20BrNO2/c1-21-19(23)10-8-16-12-15(7-9-17(16)18(22)13-20)11-14-5-3-2-4-6-14/h2-10,12,18,22H,11,13H2,1H3,(H,21,23)/b10-8-. The van der Waals surface area contributed by atoms with Crippen molar-refractivity contribution in [3.63, 3.8) is 0 Å². The van der Waals surface area contributed by atoms with Crippen molar-refractivity contribution >= 4 is 27.9 Å². The van der Waals surface area contributed by atoms with Crippen LogP contribution >= 0.6 is 15.9 Å². The fourth-order valence-electron chi connectivity index (χ4n) is 2.35. The monoisotopic (exact) mass is 373 g/mol. The number of aliphatic hydroxyl groups is 1. The summed E-state index contributed by atoms with van der Waals surface area (Å²) in [6.45, 7) is 0. The van der Waals surface area contributed by atoms with E-state index in [4.69, 9.17) is 0 Å². The summed E-state index contributed by atoms with van der Waals surface area (Å²) in [4.78, 5) is 11.4. The predicted molar refractivity (Wildman–Crippen MR) is 97.5 cm³/mol. The minimum Gasteiger partial charge on any atom is -0.388 e. The SMILES string of the molecule is CNC(=O)/C=C\c1cc(Cc2ccccc2)ccc1C(O)CBr. The van der Waals surface area contributed by atoms with Gasteiger partial charge in [-0.2, -0.15) is 0 Å². The summed E-state index contributed by atoms with van der Waals surface area (Å²) in [5.74, 6) is -0.169. The maximum absolute atomic E-state index is 11.4. The van der Waals surface area contributed by atoms with Gasteiger partial charge in [-0.05, 0) is 34.8 Å². The Morgan fingerprint density at radius 2 is 1.96 bits per heavy atom. The summed E-state index contributed by atoms with van der Waals surface area (Å²) < 4.78 is 0. The average molecular weight is 374 g/mol. The first kappa shape index (κ1) is 17.4. The number of rotatable bonds is 6. The van der Waals surface area contributed by atoms with Gasteiger partial charge < -0.3 is 10.4 Å². The van der Waals surface area contributed by atoms with Crippen molar-refractivity contribution in [2.75, 3.05) is 12.4 Å². The summed E-state index contributed by atoms with van der Waals surface area (Å²) in [7, 11) is 1.59. The van der Waals surface area contributed by atoms with Gasteiger partial charge in [0.1, 0.15) is 0 Å². The van der Waals surface area contributed by atoms with E-state index in [-0.39, 0.29) is 5.91 Å². The maximum atomic E-state index is 11.4. The molecule has 2 rings (SSSR count). The zero-order valence-corrected chi connectivity index (χ0v) is 14.6. The number of likely N-dealkylation sites (N-methyl/N-ethyl adjacent to an activating group) is 1. The number of hydrogen-bond acceptors (Lipinski definition) is 2. The summed E-state index contributed by atoms with van der Waals surface area (Å²) in [5.41, 5.74) is 4.02. The van der Waals surface area contributed by atoms with Crippen molar-refractivity contribution in [1.29, 1.82) is 0 Å². The maximum Gasteiger partial charge on any atom is 0.243 e. The number of alkyl halides is 1. The molecule has 0 radical (unpaired) electrons. The van der Waals surface area contributed by atoms with Gasteiger partial charge in [0.05, 0.1) is 6.10 Å². The van der Waals surface area contributed by atoms with Crippen LogP contribution in [0.2, 0.25) is 0 Å². The number of aliphatic hydroxyl groups excluding tert-OH is 1. The molecule has 120 valence electrons. The summed E-state index contributed by atoms with van der Waals surface area (Å²) in [6.07, 6.45) is 3.43. The van der Waals surface area contributed by atoms with Crippen LogP contribution in [0.1, 0.15) is 28.4 Å². The Balaban J connectivity index is 2.32. The Hall–Kier alpha value is -1.91. The molecule has 23 heavy (non-hydrogen) atoms. The van der Waals surface area contributed by atoms with Crippen LogP contribution in [0.4, 0.5) is 0 Å². The normalized spacial score (nSPS) is 12.3. The van der Waals surface area contributed by atoms with Gasteiger partial charge in [-0.15, -0.1) is 0 Å². The second kappa shape index (κ2) is 8.65. The van der Waals surface area contributed by atoms with Crippen LogP contribution in [0.5, 0.6) is 0 Å². The number of carbonyl (C=O) groups is 1. The molecule has 1 atom stereocenters. The second-order valence-electron chi connectivity index (χ2n) is 5.24. The van der Waals surface area contributed by atoms with E-state index >= 15 is 0 Å². The fourth-order valence-corrected chi connectivity index (χ4v) is 2.69. The third kappa shape index (κ3) is 5.05. The molecule has 1 unspecified atom stereocenters. The molecule has 0 spiro atoms. The quantitative estimate of drug-likeness (QED) is 0.601. The van der Waals surface area contributed by atoms with Crippen LogP contribution in [0.3, 0.4) is 0 Å². The Labute approximate surface area is 145 Å². The van der Waals surface area contributed by atoms with Gasteiger partial charge in [0.15, 0.2) is 0 Å². The zero-order valence-electron chi connectivity index (χ0n) is 13.0. The van der Waals surface area contributed by atoms with E-state index in [0.29, 0.717) is 5.33 Å². The molecule has 0 aromatic heterocycles. The molecule has 0 bridgehead atoms. The highest BCUT2D eigenvalue weighted by Gasteiger charge is 2.11. The Bertz CT molecular complexity index is 683. The molecule has 0 aliphatic rings. The van der Waals surface area contributed by atoms with Crippen LogP contribution in [0.25, 0.3) is 6.08 Å². The van der Waals surface area contributed by atoms with Crippen LogP contribution in [0, 0.1) is 0 Å². The second-order valence-corrected chi connectivity index (χ2v) is 5.89. The molecule has 0 heterocycles. The minimum absolute atomic E-state index is 0.169. The molecular weight excluding hydrogens is 354 g/mol. The van der Waals surface area contributed by atoms with Gasteiger partial charge >= 0.3 is 0 Å². The molecule has 3 nitrogen and oxygen atoms in total. The molecule has 2 aromatic carbocycles. The topological polar surface area (TPSA) is 49.3 Å². The van der Waals surface area contributed by atoms with Crippen molar-refractivity contribution in [2.45, 2.75) is 12.5 Å². The van der Waals surface area contributed by atoms with Crippen LogP contribution in [-0.2, 0) is 11.2 Å². The molecule has 2 N–H and O–H groups in total. The lowest BCUT2D eigenvalue weighted by atomic mass is 9.96. The highest BCUT2D eigenvalue weighted by molar-refractivity contribution is 9.09. The average Bonchev–Trinajstić information content (AvgIpc) is 2.60. The number of nitrogens with one attached hydrogen (secondary N) is 1. The third-order valence-corrected chi connectivity index (χ3v) is 4.18. The van der Waals surface area contributed by atoms with E-state index < -0.39 is 6.10 Å². The highest BCUT2D eigenvalue weighted by atomic mass is 79.9. The fraction of sp³-hybridized carbons (Fsp3) is 0.211. The zero-order chi connectivity index (χ0) is 16.7. The summed E-state index contributed by atoms with van der Waals surface area (Å²) in [5, 5.41) is 13.1. The largest absolute Gasteiger partial charge is 0.388 e. The molecule has 1 amide bonds. The van der Waals surface area contributed by atoms with Crippen LogP contribution in [-0.4, -0.2) is 23.4 Å². The molecule has 4 heteroatoms. The number of carbonyl (C=O) groups excluding carboxylic acids is 1. The minimum atomic E-state index is -0.606. The third-order valence-electron chi connectivity index (χ3n) is 3.57. The lowest BCUT2D eigenvalue weighted by Gasteiger charge is -2.13. The van der Waals surface area contributed by atoms with Crippen molar-refractivity contribution in [3.05, 3.63) is 76.9 Å². The Morgan fingerprint density at radius 1 is 1.22 bits per heavy atom. The van der Waals surface area contributed by atoms with E-state index in [1.165, 1.54) is 11.6 Å². The lowest BCUT2D eigenvalue weighted by molar-refractivity contribution is -0.115. The van der Waals surface area contributed by atoms with Gasteiger partial charge in [-0.1, -0.05) is 64.5 Å². The van der Waals surface area contributed by atoms with E-state index in [1.807, 2.05) is 36.4 Å². The summed E-state index contributed by atoms with van der Waals surface area (Å²) in [6, 6.07) is 16.2. The predicted octanol–water partition coefficient (Wildman–Crippen LogP) is 3.46. The van der Waals surface area contributed by atoms with Gasteiger partial charge in [0.25, 0.3) is 0 Å². The molecule has 0 aliphatic carbocycles. The van der Waals surface area contributed by atoms with Gasteiger partial charge in [-0.25, -0.2) is 0 Å². The van der Waals surface area contributed by atoms with Crippen molar-refractivity contribution in [2.24, 2.45) is 0 Å². The molecule has 0 saturated carbocycles. The molecular formula is C19H20BrNO2. The molecule has 2 aromatic rings. The van der Waals surface area contributed by atoms with Crippen LogP contribution < -0.4 is 5.32 Å². The Kier molecular flexibility index (Phi) is 6.56. The number of benzene rings is 2. The number of amides is 1. The number of hydrogen-bond donors (Lipinski definition) is 2. The van der Waals surface area contributed by atoms with Gasteiger partial charge in [0, 0.05) is 18.5 Å². The van der Waals surface area contributed by atoms with Crippen LogP contribution in [0.15, 0.2) is 54.6 Å². The van der Waals surface area contributed by atoms with Crippen molar-refractivity contribution < 1.29 is 9.90 Å². The molecule has 0 aliphatic heterocycles. The van der Waals surface area contributed by atoms with Crippen molar-refractivity contribution in [1.82, 2.24) is 5.32 Å². The highest BCUT2D eigenvalue weighted by Crippen LogP contribution is 2.24. The Morgan fingerprint density at radius 3 is 2.61 bits per heavy atom. The molecule has 0 fully saturated rings. The first-order valence-electron chi connectivity index (χ1n) is 7.44. The smallest absolute Gasteiger partial charge is 0.243 e. The van der Waals surface area contributed by atoms with E-state index in [9.17, 15) is 9.90 Å². The first-order chi connectivity index (χ1) is 11.1. The van der Waals surface area contributed by atoms with Gasteiger partial charge in [-0.3, -0.25) is 4.79 Å². The number of halogens is 1. The lowest BCUT2D eigenvalue weighted by Crippen LogP contribution is -2.14. The molecule has 0 saturated heterocycles. The van der Waals surface area contributed by atoms with Gasteiger partial charge in [0.2, 0.25) is 5.91 Å². The summed E-state index contributed by atoms with van der Waals surface area (Å²) >= 11 is 3.30. The van der Waals surface area contributed by atoms with E-state index in [0.717, 1.165) is 23.1 Å². The van der Waals surface area contributed by atoms with E-state index in [2.05, 4.69) is 33.4 Å². The van der Waals surface area contributed by atoms with E-state index in [1.54, 1.807) is 13.1 Å².